The molecule has 1 saturated heterocycles. The predicted molar refractivity (Wildman–Crippen MR) is 76.1 cm³/mol. The third-order valence-electron chi connectivity index (χ3n) is 3.77. The van der Waals surface area contributed by atoms with Crippen LogP contribution in [0.2, 0.25) is 0 Å². The number of nitrogens with zero attached hydrogens (tertiary/aromatic N) is 2. The minimum Gasteiger partial charge on any atom is -0.480 e. The highest BCUT2D eigenvalue weighted by molar-refractivity contribution is 5.78. The Hall–Kier alpha value is -1.85. The molecule has 1 aromatic heterocycles. The van der Waals surface area contributed by atoms with Crippen molar-refractivity contribution in [1.29, 1.82) is 0 Å². The van der Waals surface area contributed by atoms with Crippen molar-refractivity contribution in [3.05, 3.63) is 22.2 Å². The van der Waals surface area contributed by atoms with Gasteiger partial charge in [0.2, 0.25) is 0 Å². The fourth-order valence-electron chi connectivity index (χ4n) is 2.71. The summed E-state index contributed by atoms with van der Waals surface area (Å²) >= 11 is 0. The van der Waals surface area contributed by atoms with Gasteiger partial charge >= 0.3 is 5.97 Å². The number of nitrogens with one attached hydrogen (secondary N) is 1. The van der Waals surface area contributed by atoms with Gasteiger partial charge in [0, 0.05) is 18.5 Å². The highest BCUT2D eigenvalue weighted by Crippen LogP contribution is 2.27. The van der Waals surface area contributed by atoms with Gasteiger partial charge in [-0.15, -0.1) is 0 Å². The first-order valence-corrected chi connectivity index (χ1v) is 7.01. The topological polar surface area (TPSA) is 86.3 Å². The van der Waals surface area contributed by atoms with Crippen molar-refractivity contribution in [2.75, 3.05) is 11.4 Å². The minimum atomic E-state index is -0.856. The zero-order valence-corrected chi connectivity index (χ0v) is 12.1. The summed E-state index contributed by atoms with van der Waals surface area (Å²) in [5, 5.41) is 9.43. The molecule has 2 unspecified atom stereocenters. The van der Waals surface area contributed by atoms with Gasteiger partial charge in [-0.3, -0.25) is 4.79 Å². The Kier molecular flexibility index (Phi) is 4.11. The molecular formula is C14H21N3O3. The maximum absolute atomic E-state index is 11.7. The number of aromatic amines is 1. The second-order valence-corrected chi connectivity index (χ2v) is 5.74. The van der Waals surface area contributed by atoms with E-state index in [0.29, 0.717) is 18.2 Å². The molecule has 0 radical (unpaired) electrons. The van der Waals surface area contributed by atoms with Gasteiger partial charge in [-0.25, -0.2) is 9.78 Å². The van der Waals surface area contributed by atoms with E-state index in [1.54, 1.807) is 4.90 Å². The van der Waals surface area contributed by atoms with Crippen molar-refractivity contribution < 1.29 is 9.90 Å². The molecule has 2 heterocycles. The monoisotopic (exact) mass is 279 g/mol. The van der Waals surface area contributed by atoms with Crippen molar-refractivity contribution in [2.24, 2.45) is 5.92 Å². The van der Waals surface area contributed by atoms with E-state index in [0.717, 1.165) is 12.8 Å². The van der Waals surface area contributed by atoms with E-state index in [9.17, 15) is 14.7 Å². The van der Waals surface area contributed by atoms with Gasteiger partial charge in [0.1, 0.15) is 17.7 Å². The number of hydrogen-bond donors (Lipinski definition) is 2. The van der Waals surface area contributed by atoms with Gasteiger partial charge < -0.3 is 15.0 Å². The molecule has 0 saturated carbocycles. The first-order chi connectivity index (χ1) is 9.40. The Balaban J connectivity index is 2.42. The molecule has 0 aliphatic carbocycles. The largest absolute Gasteiger partial charge is 0.480 e. The molecule has 1 aliphatic rings. The van der Waals surface area contributed by atoms with Crippen LogP contribution in [0, 0.1) is 5.92 Å². The summed E-state index contributed by atoms with van der Waals surface area (Å²) < 4.78 is 0. The van der Waals surface area contributed by atoms with Gasteiger partial charge in [-0.1, -0.05) is 20.8 Å². The van der Waals surface area contributed by atoms with Crippen LogP contribution < -0.4 is 10.5 Å². The van der Waals surface area contributed by atoms with Gasteiger partial charge in [0.25, 0.3) is 5.56 Å². The number of carbonyl (C=O) groups is 1. The maximum atomic E-state index is 11.7. The van der Waals surface area contributed by atoms with E-state index in [4.69, 9.17) is 0 Å². The van der Waals surface area contributed by atoms with Crippen LogP contribution in [-0.4, -0.2) is 33.6 Å². The molecule has 0 amide bonds. The molecule has 1 aromatic rings. The molecule has 110 valence electrons. The molecule has 2 rings (SSSR count). The van der Waals surface area contributed by atoms with Crippen LogP contribution in [0.15, 0.2) is 10.9 Å². The van der Waals surface area contributed by atoms with Crippen LogP contribution in [0.1, 0.15) is 45.4 Å². The van der Waals surface area contributed by atoms with Gasteiger partial charge in [-0.05, 0) is 18.8 Å². The molecular weight excluding hydrogens is 258 g/mol. The van der Waals surface area contributed by atoms with E-state index in [2.05, 4.69) is 9.97 Å². The first-order valence-electron chi connectivity index (χ1n) is 7.01. The summed E-state index contributed by atoms with van der Waals surface area (Å²) in [5.74, 6) is 0.342. The first kappa shape index (κ1) is 14.6. The van der Waals surface area contributed by atoms with Gasteiger partial charge in [0.15, 0.2) is 0 Å². The third kappa shape index (κ3) is 2.84. The van der Waals surface area contributed by atoms with Crippen molar-refractivity contribution in [2.45, 2.75) is 45.6 Å². The molecule has 1 aliphatic heterocycles. The number of rotatable bonds is 3. The zero-order chi connectivity index (χ0) is 14.9. The lowest BCUT2D eigenvalue weighted by Gasteiger charge is -2.38. The number of piperidine rings is 1. The smallest absolute Gasteiger partial charge is 0.326 e. The SMILES string of the molecule is CC(C)c1nc(N2CCCC(C)C2C(=O)O)cc(=O)[nH]1. The fraction of sp³-hybridized carbons (Fsp3) is 0.643. The maximum Gasteiger partial charge on any atom is 0.326 e. The number of anilines is 1. The highest BCUT2D eigenvalue weighted by Gasteiger charge is 2.35. The van der Waals surface area contributed by atoms with Crippen LogP contribution in [0.25, 0.3) is 0 Å². The lowest BCUT2D eigenvalue weighted by molar-refractivity contribution is -0.140. The third-order valence-corrected chi connectivity index (χ3v) is 3.77. The average molecular weight is 279 g/mol. The van der Waals surface area contributed by atoms with E-state index in [1.807, 2.05) is 20.8 Å². The molecule has 1 fully saturated rings. The zero-order valence-electron chi connectivity index (χ0n) is 12.1. The molecule has 6 heteroatoms. The molecule has 2 N–H and O–H groups in total. The summed E-state index contributed by atoms with van der Waals surface area (Å²) in [7, 11) is 0. The summed E-state index contributed by atoms with van der Waals surface area (Å²) in [4.78, 5) is 32.1. The van der Waals surface area contributed by atoms with E-state index in [-0.39, 0.29) is 17.4 Å². The molecule has 20 heavy (non-hydrogen) atoms. The van der Waals surface area contributed by atoms with Crippen LogP contribution in [0.3, 0.4) is 0 Å². The van der Waals surface area contributed by atoms with Crippen molar-refractivity contribution in [3.63, 3.8) is 0 Å². The quantitative estimate of drug-likeness (QED) is 0.877. The highest BCUT2D eigenvalue weighted by atomic mass is 16.4. The van der Waals surface area contributed by atoms with Crippen molar-refractivity contribution in [3.8, 4) is 0 Å². The lowest BCUT2D eigenvalue weighted by Crippen LogP contribution is -2.50. The second-order valence-electron chi connectivity index (χ2n) is 5.74. The van der Waals surface area contributed by atoms with E-state index in [1.165, 1.54) is 6.07 Å². The normalized spacial score (nSPS) is 23.1. The number of hydrogen-bond acceptors (Lipinski definition) is 4. The Morgan fingerprint density at radius 1 is 1.55 bits per heavy atom. The van der Waals surface area contributed by atoms with E-state index < -0.39 is 12.0 Å². The Morgan fingerprint density at radius 2 is 2.25 bits per heavy atom. The number of H-pyrrole nitrogens is 1. The Bertz CT molecular complexity index is 553. The molecule has 6 nitrogen and oxygen atoms in total. The molecule has 2 atom stereocenters. The van der Waals surface area contributed by atoms with E-state index >= 15 is 0 Å². The Labute approximate surface area is 117 Å². The van der Waals surface area contributed by atoms with Gasteiger partial charge in [0.05, 0.1) is 0 Å². The van der Waals surface area contributed by atoms with Crippen molar-refractivity contribution in [1.82, 2.24) is 9.97 Å². The number of aliphatic carboxylic acids is 1. The number of carboxylic acids is 1. The van der Waals surface area contributed by atoms with Crippen molar-refractivity contribution >= 4 is 11.8 Å². The summed E-state index contributed by atoms with van der Waals surface area (Å²) in [6.45, 7) is 6.43. The van der Waals surface area contributed by atoms with Crippen LogP contribution in [0.5, 0.6) is 0 Å². The van der Waals surface area contributed by atoms with Crippen LogP contribution >= 0.6 is 0 Å². The van der Waals surface area contributed by atoms with Crippen LogP contribution in [-0.2, 0) is 4.79 Å². The minimum absolute atomic E-state index is 0.0461. The lowest BCUT2D eigenvalue weighted by atomic mass is 9.91. The summed E-state index contributed by atoms with van der Waals surface area (Å²) in [6, 6.07) is 0.776. The average Bonchev–Trinajstić information content (AvgIpc) is 2.37. The van der Waals surface area contributed by atoms with Crippen LogP contribution in [0.4, 0.5) is 5.82 Å². The number of carboxylic acid groups (broad SMARTS) is 1. The number of aromatic nitrogens is 2. The Morgan fingerprint density at radius 3 is 2.85 bits per heavy atom. The molecule has 0 bridgehead atoms. The fourth-order valence-corrected chi connectivity index (χ4v) is 2.71. The summed E-state index contributed by atoms with van der Waals surface area (Å²) in [6.07, 6.45) is 1.80. The molecule has 0 aromatic carbocycles. The van der Waals surface area contributed by atoms with Gasteiger partial charge in [-0.2, -0.15) is 0 Å². The predicted octanol–water partition coefficient (Wildman–Crippen LogP) is 1.58. The molecule has 0 spiro atoms. The summed E-state index contributed by atoms with van der Waals surface area (Å²) in [5.41, 5.74) is -0.235. The second kappa shape index (κ2) is 5.64. The standard InChI is InChI=1S/C14H21N3O3/c1-8(2)13-15-10(7-11(18)16-13)17-6-4-5-9(3)12(17)14(19)20/h7-9,12H,4-6H2,1-3H3,(H,19,20)(H,15,16,18).